The van der Waals surface area contributed by atoms with Crippen molar-refractivity contribution in [2.45, 2.75) is 46.1 Å². The van der Waals surface area contributed by atoms with Crippen LogP contribution in [-0.4, -0.2) is 74.4 Å². The number of carbonyl (C=O) groups excluding carboxylic acids is 2. The van der Waals surface area contributed by atoms with Crippen molar-refractivity contribution in [3.8, 4) is 0 Å². The molecule has 0 saturated carbocycles. The number of nitrogens with one attached hydrogen (secondary N) is 1. The van der Waals surface area contributed by atoms with Crippen LogP contribution >= 0.6 is 0 Å². The zero-order valence-corrected chi connectivity index (χ0v) is 17.3. The molecule has 0 rings (SSSR count). The Morgan fingerprint density at radius 3 is 2.21 bits per heavy atom. The molecule has 0 bridgehead atoms. The first kappa shape index (κ1) is 26.1. The van der Waals surface area contributed by atoms with E-state index in [2.05, 4.69) is 14.8 Å². The normalized spacial score (nSPS) is 14.0. The van der Waals surface area contributed by atoms with Gasteiger partial charge in [0.05, 0.1) is 19.0 Å². The van der Waals surface area contributed by atoms with E-state index in [1.807, 2.05) is 0 Å². The fourth-order valence-electron chi connectivity index (χ4n) is 1.87. The van der Waals surface area contributed by atoms with E-state index in [9.17, 15) is 33.0 Å². The lowest BCUT2D eigenvalue weighted by Crippen LogP contribution is -2.57. The average Bonchev–Trinajstić information content (AvgIpc) is 2.59. The van der Waals surface area contributed by atoms with Crippen molar-refractivity contribution in [1.29, 1.82) is 0 Å². The van der Waals surface area contributed by atoms with Crippen LogP contribution in [0.3, 0.4) is 0 Å². The molecule has 164 valence electrons. The molecule has 1 amide bonds. The van der Waals surface area contributed by atoms with Gasteiger partial charge in [0.2, 0.25) is 11.5 Å². The Morgan fingerprint density at radius 2 is 1.71 bits per heavy atom. The topological polar surface area (TPSA) is 166 Å². The smallest absolute Gasteiger partial charge is 0.479 e. The highest BCUT2D eigenvalue weighted by molar-refractivity contribution is 7.86. The molecule has 0 spiro atoms. The van der Waals surface area contributed by atoms with Gasteiger partial charge >= 0.3 is 12.1 Å². The zero-order valence-electron chi connectivity index (χ0n) is 16.5. The maximum atomic E-state index is 11.9. The quantitative estimate of drug-likeness (QED) is 0.211. The summed E-state index contributed by atoms with van der Waals surface area (Å²) in [5.74, 6) is -2.43. The first-order chi connectivity index (χ1) is 12.8. The molecule has 0 heterocycles. The third-order valence-electron chi connectivity index (χ3n) is 3.84. The lowest BCUT2D eigenvalue weighted by molar-refractivity contribution is -0.184. The van der Waals surface area contributed by atoms with Gasteiger partial charge < -0.3 is 25.0 Å². The van der Waals surface area contributed by atoms with Crippen molar-refractivity contribution in [2.24, 2.45) is 5.41 Å². The zero-order chi connectivity index (χ0) is 22.0. The number of rotatable bonds is 13. The lowest BCUT2D eigenvalue weighted by Gasteiger charge is -2.37. The number of aliphatic hydroxyl groups is 1. The summed E-state index contributed by atoms with van der Waals surface area (Å²) >= 11 is 0. The Kier molecular flexibility index (Phi) is 10.4. The van der Waals surface area contributed by atoms with E-state index in [-0.39, 0.29) is 25.5 Å². The number of amides is 1. The van der Waals surface area contributed by atoms with Gasteiger partial charge in [-0.2, -0.15) is 8.42 Å². The molecule has 0 aliphatic rings. The van der Waals surface area contributed by atoms with Crippen LogP contribution < -0.4 is 5.32 Å². The van der Waals surface area contributed by atoms with Crippen molar-refractivity contribution in [2.75, 3.05) is 32.1 Å². The minimum atomic E-state index is -4.03. The Labute approximate surface area is 164 Å². The molecule has 0 aromatic carbocycles. The van der Waals surface area contributed by atoms with Gasteiger partial charge in [-0.15, -0.1) is 0 Å². The van der Waals surface area contributed by atoms with Gasteiger partial charge in [0.1, 0.15) is 6.61 Å². The summed E-state index contributed by atoms with van der Waals surface area (Å²) in [5.41, 5.74) is -4.27. The van der Waals surface area contributed by atoms with Gasteiger partial charge in [0.25, 0.3) is 10.1 Å². The molecule has 0 aromatic heterocycles. The molecule has 0 radical (unpaired) electrons. The summed E-state index contributed by atoms with van der Waals surface area (Å²) in [6.45, 7) is 4.12. The summed E-state index contributed by atoms with van der Waals surface area (Å²) in [6, 6.07) is 0. The van der Waals surface area contributed by atoms with Crippen LogP contribution in [0.5, 0.6) is 0 Å². The molecular weight excluding hydrogens is 398 g/mol. The van der Waals surface area contributed by atoms with Crippen molar-refractivity contribution in [1.82, 2.24) is 5.32 Å². The van der Waals surface area contributed by atoms with Crippen LogP contribution in [0.15, 0.2) is 0 Å². The van der Waals surface area contributed by atoms with E-state index >= 15 is 0 Å². The minimum absolute atomic E-state index is 0.0631. The van der Waals surface area contributed by atoms with Crippen molar-refractivity contribution >= 4 is 28.1 Å². The fraction of sp³-hybridized carbons (Fsp3) is 0.812. The Hall–Kier alpha value is -1.92. The number of ether oxygens (including phenoxy) is 2. The molecule has 1 atom stereocenters. The predicted octanol–water partition coefficient (Wildman–Crippen LogP) is 0.264. The third kappa shape index (κ3) is 8.85. The highest BCUT2D eigenvalue weighted by Gasteiger charge is 2.52. The lowest BCUT2D eigenvalue weighted by atomic mass is 9.76. The Balaban J connectivity index is 4.91. The van der Waals surface area contributed by atoms with Gasteiger partial charge in [-0.1, -0.05) is 20.8 Å². The van der Waals surface area contributed by atoms with Gasteiger partial charge in [-0.05, 0) is 12.8 Å². The number of hydrogen-bond donors (Lipinski definition) is 3. The Bertz CT molecular complexity index is 646. The van der Waals surface area contributed by atoms with E-state index in [1.54, 1.807) is 6.92 Å². The first-order valence-electron chi connectivity index (χ1n) is 8.64. The monoisotopic (exact) mass is 427 g/mol. The highest BCUT2D eigenvalue weighted by atomic mass is 32.2. The predicted molar refractivity (Wildman–Crippen MR) is 97.0 cm³/mol. The second-order valence-corrected chi connectivity index (χ2v) is 8.56. The standard InChI is InChI=1S/C16H29NO10S/c1-5-8-25-14(21)26-11-16(22,13(19)20)15(3,4)10-27-28(23,24)9-6-7-17-12(2)18/h22H,5-11H2,1-4H3,(H,17,18)(H,19,20)/t16-/m1/s1. The van der Waals surface area contributed by atoms with Crippen LogP contribution in [0, 0.1) is 5.41 Å². The summed E-state index contributed by atoms with van der Waals surface area (Å²) < 4.78 is 38.0. The number of carboxylic acid groups (broad SMARTS) is 1. The van der Waals surface area contributed by atoms with Crippen molar-refractivity contribution in [3.05, 3.63) is 0 Å². The third-order valence-corrected chi connectivity index (χ3v) is 5.11. The van der Waals surface area contributed by atoms with Crippen LogP contribution in [-0.2, 0) is 33.4 Å². The summed E-state index contributed by atoms with van der Waals surface area (Å²) in [4.78, 5) is 33.7. The number of aliphatic carboxylic acids is 1. The van der Waals surface area contributed by atoms with Crippen molar-refractivity contribution < 1.29 is 46.7 Å². The molecule has 28 heavy (non-hydrogen) atoms. The van der Waals surface area contributed by atoms with Crippen LogP contribution in [0.25, 0.3) is 0 Å². The number of carboxylic acids is 1. The van der Waals surface area contributed by atoms with Crippen LogP contribution in [0.1, 0.15) is 40.5 Å². The van der Waals surface area contributed by atoms with E-state index in [1.165, 1.54) is 20.8 Å². The maximum Gasteiger partial charge on any atom is 0.508 e. The molecule has 0 aliphatic carbocycles. The molecule has 0 fully saturated rings. The molecule has 3 N–H and O–H groups in total. The van der Waals surface area contributed by atoms with Crippen molar-refractivity contribution in [3.63, 3.8) is 0 Å². The summed E-state index contributed by atoms with van der Waals surface area (Å²) in [7, 11) is -4.03. The molecule has 0 saturated heterocycles. The number of hydrogen-bond acceptors (Lipinski definition) is 9. The average molecular weight is 427 g/mol. The summed E-state index contributed by atoms with van der Waals surface area (Å²) in [5, 5.41) is 22.3. The van der Waals surface area contributed by atoms with Gasteiger partial charge in [-0.25, -0.2) is 9.59 Å². The molecule has 11 nitrogen and oxygen atoms in total. The maximum absolute atomic E-state index is 11.9. The second-order valence-electron chi connectivity index (χ2n) is 6.80. The molecule has 12 heteroatoms. The van der Waals surface area contributed by atoms with E-state index in [0.717, 1.165) is 0 Å². The Morgan fingerprint density at radius 1 is 1.11 bits per heavy atom. The molecule has 0 unspecified atom stereocenters. The summed E-state index contributed by atoms with van der Waals surface area (Å²) in [6.07, 6.45) is -0.529. The fourth-order valence-corrected chi connectivity index (χ4v) is 2.96. The molecule has 0 aliphatic heterocycles. The number of carbonyl (C=O) groups is 3. The SMILES string of the molecule is CCCOC(=O)OC[C@@](O)(C(=O)O)C(C)(C)COS(=O)(=O)CCCNC(C)=O. The molecular formula is C16H29NO10S. The second kappa shape index (κ2) is 11.2. The van der Waals surface area contributed by atoms with E-state index in [0.29, 0.717) is 6.42 Å². The highest BCUT2D eigenvalue weighted by Crippen LogP contribution is 2.33. The first-order valence-corrected chi connectivity index (χ1v) is 10.2. The van der Waals surface area contributed by atoms with E-state index < -0.39 is 52.2 Å². The van der Waals surface area contributed by atoms with Gasteiger partial charge in [0, 0.05) is 18.9 Å². The van der Waals surface area contributed by atoms with Gasteiger partial charge in [-0.3, -0.25) is 8.98 Å². The van der Waals surface area contributed by atoms with Crippen LogP contribution in [0.4, 0.5) is 4.79 Å². The largest absolute Gasteiger partial charge is 0.508 e. The van der Waals surface area contributed by atoms with Crippen LogP contribution in [0.2, 0.25) is 0 Å². The van der Waals surface area contributed by atoms with Gasteiger partial charge in [0.15, 0.2) is 0 Å². The minimum Gasteiger partial charge on any atom is -0.479 e. The molecule has 0 aromatic rings. The van der Waals surface area contributed by atoms with E-state index in [4.69, 9.17) is 4.18 Å².